The molecule has 0 bridgehead atoms. The van der Waals surface area contributed by atoms with Crippen molar-refractivity contribution in [2.45, 2.75) is 44.1 Å². The summed E-state index contributed by atoms with van der Waals surface area (Å²) in [7, 11) is 0. The van der Waals surface area contributed by atoms with Gasteiger partial charge in [-0.2, -0.15) is 16.9 Å². The number of rotatable bonds is 4. The molecule has 0 spiro atoms. The molecule has 2 rings (SSSR count). The summed E-state index contributed by atoms with van der Waals surface area (Å²) in [6.07, 6.45) is 3.61. The van der Waals surface area contributed by atoms with Crippen LogP contribution in [0.1, 0.15) is 38.1 Å². The Labute approximate surface area is 104 Å². The van der Waals surface area contributed by atoms with Crippen LogP contribution in [0.3, 0.4) is 0 Å². The summed E-state index contributed by atoms with van der Waals surface area (Å²) in [5, 5.41) is 16.7. The molecular formula is C10H17N3OS2. The molecule has 0 aliphatic heterocycles. The van der Waals surface area contributed by atoms with Gasteiger partial charge in [-0.3, -0.25) is 9.67 Å². The molecule has 6 heteroatoms. The standard InChI is InChI=1S/C10H17N3OS2/c1-2-16-8-5-3-4-7(8)13-9(6-14)11-12-10(13)15/h7-8,14H,2-6H2,1H3,(H,12,15). The average Bonchev–Trinajstić information content (AvgIpc) is 2.85. The highest BCUT2D eigenvalue weighted by atomic mass is 32.2. The van der Waals surface area contributed by atoms with Crippen LogP contribution in [0.15, 0.2) is 0 Å². The van der Waals surface area contributed by atoms with Crippen molar-refractivity contribution in [2.75, 3.05) is 5.75 Å². The molecule has 2 atom stereocenters. The van der Waals surface area contributed by atoms with Crippen LogP contribution in [-0.4, -0.2) is 30.9 Å². The number of aliphatic hydroxyl groups excluding tert-OH is 1. The quantitative estimate of drug-likeness (QED) is 0.815. The fourth-order valence-corrected chi connectivity index (χ4v) is 3.93. The molecule has 1 saturated carbocycles. The van der Waals surface area contributed by atoms with Gasteiger partial charge < -0.3 is 5.11 Å². The summed E-state index contributed by atoms with van der Waals surface area (Å²) in [5.41, 5.74) is 0. The van der Waals surface area contributed by atoms with Crippen LogP contribution in [0, 0.1) is 4.77 Å². The van der Waals surface area contributed by atoms with E-state index >= 15 is 0 Å². The SMILES string of the molecule is CCSC1CCCC1n1c(CO)n[nH]c1=S. The van der Waals surface area contributed by atoms with Gasteiger partial charge in [0, 0.05) is 11.3 Å². The van der Waals surface area contributed by atoms with Gasteiger partial charge in [-0.25, -0.2) is 0 Å². The Balaban J connectivity index is 2.28. The first kappa shape index (κ1) is 12.1. The summed E-state index contributed by atoms with van der Waals surface area (Å²) in [6.45, 7) is 2.13. The second-order valence-electron chi connectivity index (χ2n) is 3.97. The number of aromatic amines is 1. The van der Waals surface area contributed by atoms with Crippen LogP contribution in [0.5, 0.6) is 0 Å². The number of nitrogens with zero attached hydrogens (tertiary/aromatic N) is 2. The maximum atomic E-state index is 9.25. The van der Waals surface area contributed by atoms with Crippen molar-refractivity contribution in [1.29, 1.82) is 0 Å². The molecule has 1 fully saturated rings. The number of hydrogen-bond donors (Lipinski definition) is 2. The normalized spacial score (nSPS) is 25.1. The number of nitrogens with one attached hydrogen (secondary N) is 1. The number of hydrogen-bond acceptors (Lipinski definition) is 4. The van der Waals surface area contributed by atoms with Crippen molar-refractivity contribution < 1.29 is 5.11 Å². The monoisotopic (exact) mass is 259 g/mol. The molecule has 0 amide bonds. The molecule has 4 nitrogen and oxygen atoms in total. The molecule has 2 unspecified atom stereocenters. The first-order chi connectivity index (χ1) is 7.77. The van der Waals surface area contributed by atoms with E-state index in [2.05, 4.69) is 17.1 Å². The van der Waals surface area contributed by atoms with Gasteiger partial charge >= 0.3 is 0 Å². The van der Waals surface area contributed by atoms with Crippen LogP contribution < -0.4 is 0 Å². The van der Waals surface area contributed by atoms with E-state index in [9.17, 15) is 5.11 Å². The third kappa shape index (κ3) is 2.19. The second kappa shape index (κ2) is 5.33. The van der Waals surface area contributed by atoms with Gasteiger partial charge in [0.05, 0.1) is 0 Å². The van der Waals surface area contributed by atoms with Crippen LogP contribution in [0.4, 0.5) is 0 Å². The van der Waals surface area contributed by atoms with E-state index in [1.807, 2.05) is 16.3 Å². The van der Waals surface area contributed by atoms with Gasteiger partial charge in [-0.05, 0) is 30.8 Å². The minimum Gasteiger partial charge on any atom is -0.388 e. The Morgan fingerprint density at radius 2 is 2.44 bits per heavy atom. The molecule has 0 saturated heterocycles. The van der Waals surface area contributed by atoms with E-state index in [1.54, 1.807) is 0 Å². The summed E-state index contributed by atoms with van der Waals surface area (Å²) in [6, 6.07) is 0.401. The maximum Gasteiger partial charge on any atom is 0.195 e. The first-order valence-corrected chi connectivity index (χ1v) is 7.11. The van der Waals surface area contributed by atoms with Gasteiger partial charge in [0.2, 0.25) is 0 Å². The van der Waals surface area contributed by atoms with Crippen molar-refractivity contribution in [1.82, 2.24) is 14.8 Å². The minimum absolute atomic E-state index is 0.0485. The molecule has 1 aliphatic carbocycles. The van der Waals surface area contributed by atoms with Crippen molar-refractivity contribution in [3.63, 3.8) is 0 Å². The Kier molecular flexibility index (Phi) is 4.05. The Morgan fingerprint density at radius 3 is 3.12 bits per heavy atom. The van der Waals surface area contributed by atoms with Crippen molar-refractivity contribution in [2.24, 2.45) is 0 Å². The van der Waals surface area contributed by atoms with Gasteiger partial charge in [0.1, 0.15) is 6.61 Å². The highest BCUT2D eigenvalue weighted by Gasteiger charge is 2.30. The zero-order valence-corrected chi connectivity index (χ0v) is 11.0. The fraction of sp³-hybridized carbons (Fsp3) is 0.800. The van der Waals surface area contributed by atoms with E-state index in [-0.39, 0.29) is 6.61 Å². The zero-order chi connectivity index (χ0) is 11.5. The van der Waals surface area contributed by atoms with E-state index in [0.29, 0.717) is 21.9 Å². The number of H-pyrrole nitrogens is 1. The molecule has 0 radical (unpaired) electrons. The predicted molar refractivity (Wildman–Crippen MR) is 68.1 cm³/mol. The van der Waals surface area contributed by atoms with E-state index in [0.717, 1.165) is 12.2 Å². The number of thioether (sulfide) groups is 1. The van der Waals surface area contributed by atoms with Crippen LogP contribution in [0.25, 0.3) is 0 Å². The predicted octanol–water partition coefficient (Wildman–Crippen LogP) is 2.28. The van der Waals surface area contributed by atoms with Gasteiger partial charge in [0.25, 0.3) is 0 Å². The molecule has 2 N–H and O–H groups in total. The first-order valence-electron chi connectivity index (χ1n) is 5.66. The topological polar surface area (TPSA) is 53.8 Å². The molecule has 1 aromatic heterocycles. The highest BCUT2D eigenvalue weighted by molar-refractivity contribution is 7.99. The van der Waals surface area contributed by atoms with Crippen molar-refractivity contribution >= 4 is 24.0 Å². The lowest BCUT2D eigenvalue weighted by molar-refractivity contribution is 0.260. The molecule has 16 heavy (non-hydrogen) atoms. The molecule has 1 aliphatic rings. The van der Waals surface area contributed by atoms with Crippen LogP contribution in [-0.2, 0) is 6.61 Å². The highest BCUT2D eigenvalue weighted by Crippen LogP contribution is 2.38. The second-order valence-corrected chi connectivity index (χ2v) is 5.87. The van der Waals surface area contributed by atoms with Crippen molar-refractivity contribution in [3.8, 4) is 0 Å². The van der Waals surface area contributed by atoms with Crippen LogP contribution >= 0.6 is 24.0 Å². The molecule has 1 aromatic rings. The third-order valence-electron chi connectivity index (χ3n) is 3.05. The molecule has 90 valence electrons. The molecule has 0 aromatic carbocycles. The lowest BCUT2D eigenvalue weighted by atomic mass is 10.2. The van der Waals surface area contributed by atoms with Gasteiger partial charge in [-0.1, -0.05) is 13.3 Å². The Hall–Kier alpha value is -0.330. The van der Waals surface area contributed by atoms with E-state index < -0.39 is 0 Å². The minimum atomic E-state index is -0.0485. The number of aliphatic hydroxyl groups is 1. The smallest absolute Gasteiger partial charge is 0.195 e. The summed E-state index contributed by atoms with van der Waals surface area (Å²) in [4.78, 5) is 0. The van der Waals surface area contributed by atoms with E-state index in [4.69, 9.17) is 12.2 Å². The Bertz CT molecular complexity index is 401. The third-order valence-corrected chi connectivity index (χ3v) is 4.65. The molecule has 1 heterocycles. The zero-order valence-electron chi connectivity index (χ0n) is 9.35. The van der Waals surface area contributed by atoms with Crippen LogP contribution in [0.2, 0.25) is 0 Å². The molecular weight excluding hydrogens is 242 g/mol. The largest absolute Gasteiger partial charge is 0.388 e. The Morgan fingerprint density at radius 1 is 1.62 bits per heavy atom. The summed E-state index contributed by atoms with van der Waals surface area (Å²) in [5.74, 6) is 1.79. The van der Waals surface area contributed by atoms with Crippen molar-refractivity contribution in [3.05, 3.63) is 10.6 Å². The van der Waals surface area contributed by atoms with E-state index in [1.165, 1.54) is 12.8 Å². The van der Waals surface area contributed by atoms with Gasteiger partial charge in [-0.15, -0.1) is 0 Å². The fourth-order valence-electron chi connectivity index (χ4n) is 2.40. The summed E-state index contributed by atoms with van der Waals surface area (Å²) < 4.78 is 2.65. The lowest BCUT2D eigenvalue weighted by Crippen LogP contribution is -2.19. The van der Waals surface area contributed by atoms with Gasteiger partial charge in [0.15, 0.2) is 10.6 Å². The number of aromatic nitrogens is 3. The average molecular weight is 259 g/mol. The maximum absolute atomic E-state index is 9.25. The lowest BCUT2D eigenvalue weighted by Gasteiger charge is -2.21. The summed E-state index contributed by atoms with van der Waals surface area (Å²) >= 11 is 7.22.